The van der Waals surface area contributed by atoms with Gasteiger partial charge in [-0.1, -0.05) is 41.4 Å². The molecule has 0 aliphatic heterocycles. The maximum atomic E-state index is 12.8. The number of carbonyl (C=O) groups is 1. The van der Waals surface area contributed by atoms with Crippen molar-refractivity contribution in [2.75, 3.05) is 15.9 Å². The first-order valence-corrected chi connectivity index (χ1v) is 13.3. The Balaban J connectivity index is 1.63. The van der Waals surface area contributed by atoms with Crippen molar-refractivity contribution in [2.45, 2.75) is 20.4 Å². The van der Waals surface area contributed by atoms with E-state index in [0.29, 0.717) is 15.6 Å². The molecule has 1 amide bonds. The highest BCUT2D eigenvalue weighted by molar-refractivity contribution is 7.92. The van der Waals surface area contributed by atoms with Crippen LogP contribution >= 0.6 is 22.9 Å². The minimum Gasteiger partial charge on any atom is -0.321 e. The molecule has 4 rings (SSSR count). The summed E-state index contributed by atoms with van der Waals surface area (Å²) in [6.07, 6.45) is 1.18. The fraction of sp³-hybridized carbons (Fsp3) is 0.160. The minimum atomic E-state index is -3.53. The molecular formula is C25H23ClN2O3S2. The maximum Gasteiger partial charge on any atom is 0.265 e. The average Bonchev–Trinajstić information content (AvgIpc) is 3.18. The summed E-state index contributed by atoms with van der Waals surface area (Å²) in [6, 6.07) is 20.2. The van der Waals surface area contributed by atoms with Gasteiger partial charge < -0.3 is 5.32 Å². The van der Waals surface area contributed by atoms with Gasteiger partial charge in [0, 0.05) is 15.4 Å². The zero-order valence-electron chi connectivity index (χ0n) is 18.4. The Hall–Kier alpha value is -2.87. The lowest BCUT2D eigenvalue weighted by Gasteiger charge is -2.22. The Labute approximate surface area is 202 Å². The van der Waals surface area contributed by atoms with E-state index in [1.807, 2.05) is 38.1 Å². The largest absolute Gasteiger partial charge is 0.321 e. The van der Waals surface area contributed by atoms with E-state index in [0.717, 1.165) is 32.5 Å². The summed E-state index contributed by atoms with van der Waals surface area (Å²) in [4.78, 5) is 13.4. The molecule has 0 bridgehead atoms. The van der Waals surface area contributed by atoms with Crippen molar-refractivity contribution in [2.24, 2.45) is 0 Å². The van der Waals surface area contributed by atoms with Gasteiger partial charge in [0.25, 0.3) is 5.91 Å². The number of halogens is 1. The first-order chi connectivity index (χ1) is 15.6. The van der Waals surface area contributed by atoms with Crippen LogP contribution in [-0.4, -0.2) is 20.6 Å². The van der Waals surface area contributed by atoms with Crippen molar-refractivity contribution in [3.8, 4) is 0 Å². The standard InChI is InChI=1S/C25H23ClN2O3S2/c1-16-4-10-22(17(2)12-16)27-25(29)24-14-19-13-21(9-11-23(19)32-24)28(33(3,30)31)15-18-5-7-20(26)8-6-18/h4-14H,15H2,1-3H3,(H,27,29). The second-order valence-electron chi connectivity index (χ2n) is 8.00. The van der Waals surface area contributed by atoms with Crippen LogP contribution in [0.5, 0.6) is 0 Å². The predicted molar refractivity (Wildman–Crippen MR) is 138 cm³/mol. The molecule has 1 heterocycles. The number of aryl methyl sites for hydroxylation is 2. The molecule has 1 N–H and O–H groups in total. The molecule has 0 radical (unpaired) electrons. The molecule has 0 spiro atoms. The van der Waals surface area contributed by atoms with Crippen molar-refractivity contribution < 1.29 is 13.2 Å². The fourth-order valence-corrected chi connectivity index (χ4v) is 5.54. The zero-order valence-corrected chi connectivity index (χ0v) is 20.8. The number of anilines is 2. The second kappa shape index (κ2) is 9.17. The van der Waals surface area contributed by atoms with Crippen LogP contribution in [0.15, 0.2) is 66.7 Å². The van der Waals surface area contributed by atoms with Gasteiger partial charge in [-0.2, -0.15) is 0 Å². The van der Waals surface area contributed by atoms with E-state index in [1.54, 1.807) is 42.5 Å². The lowest BCUT2D eigenvalue weighted by atomic mass is 10.1. The highest BCUT2D eigenvalue weighted by Gasteiger charge is 2.19. The van der Waals surface area contributed by atoms with Gasteiger partial charge in [-0.15, -0.1) is 11.3 Å². The number of hydrogen-bond donors (Lipinski definition) is 1. The number of amides is 1. The van der Waals surface area contributed by atoms with Crippen molar-refractivity contribution in [3.63, 3.8) is 0 Å². The minimum absolute atomic E-state index is 0.186. The molecule has 0 saturated carbocycles. The van der Waals surface area contributed by atoms with Crippen molar-refractivity contribution in [3.05, 3.63) is 93.3 Å². The number of thiophene rings is 1. The number of hydrogen-bond acceptors (Lipinski definition) is 4. The average molecular weight is 499 g/mol. The van der Waals surface area contributed by atoms with Crippen LogP contribution in [0.25, 0.3) is 10.1 Å². The summed E-state index contributed by atoms with van der Waals surface area (Å²) in [5.41, 5.74) is 4.27. The molecule has 8 heteroatoms. The highest BCUT2D eigenvalue weighted by Crippen LogP contribution is 2.32. The molecule has 3 aromatic carbocycles. The molecule has 0 fully saturated rings. The molecule has 0 saturated heterocycles. The van der Waals surface area contributed by atoms with E-state index in [1.165, 1.54) is 21.9 Å². The number of benzene rings is 3. The van der Waals surface area contributed by atoms with Gasteiger partial charge in [0.05, 0.1) is 23.4 Å². The Morgan fingerprint density at radius 1 is 1.00 bits per heavy atom. The van der Waals surface area contributed by atoms with E-state index < -0.39 is 10.0 Å². The third-order valence-electron chi connectivity index (χ3n) is 5.28. The van der Waals surface area contributed by atoms with Crippen LogP contribution in [0.4, 0.5) is 11.4 Å². The molecule has 0 unspecified atom stereocenters. The lowest BCUT2D eigenvalue weighted by Crippen LogP contribution is -2.29. The van der Waals surface area contributed by atoms with Gasteiger partial charge in [-0.25, -0.2) is 8.42 Å². The van der Waals surface area contributed by atoms with Gasteiger partial charge in [0.2, 0.25) is 10.0 Å². The first kappa shape index (κ1) is 23.3. The topological polar surface area (TPSA) is 66.5 Å². The van der Waals surface area contributed by atoms with Gasteiger partial charge in [-0.3, -0.25) is 9.10 Å². The van der Waals surface area contributed by atoms with Gasteiger partial charge >= 0.3 is 0 Å². The number of rotatable bonds is 6. The monoisotopic (exact) mass is 498 g/mol. The summed E-state index contributed by atoms with van der Waals surface area (Å²) in [6.45, 7) is 4.15. The summed E-state index contributed by atoms with van der Waals surface area (Å²) < 4.78 is 27.4. The fourth-order valence-electron chi connectivity index (χ4n) is 3.59. The smallest absolute Gasteiger partial charge is 0.265 e. The molecule has 0 atom stereocenters. The zero-order chi connectivity index (χ0) is 23.8. The van der Waals surface area contributed by atoms with Crippen LogP contribution in [-0.2, 0) is 16.6 Å². The summed E-state index contributed by atoms with van der Waals surface area (Å²) in [7, 11) is -3.53. The van der Waals surface area contributed by atoms with E-state index in [2.05, 4.69) is 5.32 Å². The SMILES string of the molecule is Cc1ccc(NC(=O)c2cc3cc(N(Cc4ccc(Cl)cc4)S(C)(=O)=O)ccc3s2)c(C)c1. The predicted octanol–water partition coefficient (Wildman–Crippen LogP) is 6.39. The third kappa shape index (κ3) is 5.38. The van der Waals surface area contributed by atoms with E-state index >= 15 is 0 Å². The van der Waals surface area contributed by atoms with Crippen molar-refractivity contribution in [1.29, 1.82) is 0 Å². The molecule has 0 aliphatic carbocycles. The number of carbonyl (C=O) groups excluding carboxylic acids is 1. The van der Waals surface area contributed by atoms with Crippen LogP contribution in [0.3, 0.4) is 0 Å². The Bertz CT molecular complexity index is 1440. The molecule has 33 heavy (non-hydrogen) atoms. The van der Waals surface area contributed by atoms with Crippen molar-refractivity contribution in [1.82, 2.24) is 0 Å². The molecule has 170 valence electrons. The van der Waals surface area contributed by atoms with E-state index in [-0.39, 0.29) is 12.5 Å². The van der Waals surface area contributed by atoms with Crippen LogP contribution in [0.2, 0.25) is 5.02 Å². The third-order valence-corrected chi connectivity index (χ3v) is 7.79. The Morgan fingerprint density at radius 3 is 2.39 bits per heavy atom. The number of fused-ring (bicyclic) bond motifs is 1. The van der Waals surface area contributed by atoms with Crippen LogP contribution in [0, 0.1) is 13.8 Å². The highest BCUT2D eigenvalue weighted by atomic mass is 35.5. The number of nitrogens with zero attached hydrogens (tertiary/aromatic N) is 1. The number of sulfonamides is 1. The van der Waals surface area contributed by atoms with Crippen LogP contribution in [0.1, 0.15) is 26.4 Å². The first-order valence-electron chi connectivity index (χ1n) is 10.2. The normalized spacial score (nSPS) is 11.5. The summed E-state index contributed by atoms with van der Waals surface area (Å²) in [5, 5.41) is 4.37. The molecule has 5 nitrogen and oxygen atoms in total. The van der Waals surface area contributed by atoms with Crippen LogP contribution < -0.4 is 9.62 Å². The van der Waals surface area contributed by atoms with Gasteiger partial charge in [-0.05, 0) is 72.8 Å². The van der Waals surface area contributed by atoms with E-state index in [4.69, 9.17) is 11.6 Å². The number of nitrogens with one attached hydrogen (secondary N) is 1. The summed E-state index contributed by atoms with van der Waals surface area (Å²) >= 11 is 7.32. The lowest BCUT2D eigenvalue weighted by molar-refractivity contribution is 0.103. The molecule has 1 aromatic heterocycles. The van der Waals surface area contributed by atoms with Gasteiger partial charge in [0.15, 0.2) is 0 Å². The Morgan fingerprint density at radius 2 is 1.73 bits per heavy atom. The molecule has 4 aromatic rings. The second-order valence-corrected chi connectivity index (χ2v) is 11.4. The molecule has 0 aliphatic rings. The Kier molecular flexibility index (Phi) is 6.47. The van der Waals surface area contributed by atoms with Gasteiger partial charge in [0.1, 0.15) is 0 Å². The quantitative estimate of drug-likeness (QED) is 0.335. The molecular weight excluding hydrogens is 476 g/mol. The maximum absolute atomic E-state index is 12.8. The van der Waals surface area contributed by atoms with Crippen molar-refractivity contribution >= 4 is 60.3 Å². The summed E-state index contributed by atoms with van der Waals surface area (Å²) in [5.74, 6) is -0.189. The van der Waals surface area contributed by atoms with E-state index in [9.17, 15) is 13.2 Å².